The van der Waals surface area contributed by atoms with Crippen LogP contribution in [0.2, 0.25) is 0 Å². The van der Waals surface area contributed by atoms with Crippen molar-refractivity contribution in [1.29, 1.82) is 0 Å². The molecule has 0 amide bonds. The molecule has 0 aromatic carbocycles. The van der Waals surface area contributed by atoms with Crippen molar-refractivity contribution in [2.75, 3.05) is 29.8 Å². The van der Waals surface area contributed by atoms with E-state index in [1.165, 1.54) is 11.3 Å². The molecule has 0 saturated heterocycles. The predicted molar refractivity (Wildman–Crippen MR) is 78.0 cm³/mol. The Labute approximate surface area is 116 Å². The van der Waals surface area contributed by atoms with Gasteiger partial charge >= 0.3 is 0 Å². The van der Waals surface area contributed by atoms with Gasteiger partial charge in [0.1, 0.15) is 5.69 Å². The third-order valence-electron chi connectivity index (χ3n) is 2.58. The van der Waals surface area contributed by atoms with Crippen molar-refractivity contribution in [2.45, 2.75) is 19.4 Å². The van der Waals surface area contributed by atoms with Gasteiger partial charge in [-0.15, -0.1) is 22.9 Å². The fourth-order valence-corrected chi connectivity index (χ4v) is 3.32. The Balaban J connectivity index is 2.77. The molecule has 1 aromatic heterocycles. The number of thiazole rings is 1. The van der Waals surface area contributed by atoms with Gasteiger partial charge in [-0.05, 0) is 12.7 Å². The third-order valence-corrected chi connectivity index (χ3v) is 4.47. The molecular formula is C11H17ClN2OS2. The minimum absolute atomic E-state index is 0.00505. The topological polar surface area (TPSA) is 33.2 Å². The van der Waals surface area contributed by atoms with Gasteiger partial charge in [-0.3, -0.25) is 4.79 Å². The Bertz CT molecular complexity index is 370. The monoisotopic (exact) mass is 292 g/mol. The van der Waals surface area contributed by atoms with Crippen LogP contribution in [0.25, 0.3) is 0 Å². The summed E-state index contributed by atoms with van der Waals surface area (Å²) in [5.41, 5.74) is 0.478. The largest absolute Gasteiger partial charge is 0.347 e. The summed E-state index contributed by atoms with van der Waals surface area (Å²) in [5, 5.41) is 2.67. The highest BCUT2D eigenvalue weighted by atomic mass is 35.5. The molecule has 0 aliphatic carbocycles. The molecule has 0 spiro atoms. The molecule has 0 saturated carbocycles. The fourth-order valence-electron chi connectivity index (χ4n) is 1.47. The zero-order valence-corrected chi connectivity index (χ0v) is 12.7. The van der Waals surface area contributed by atoms with E-state index in [2.05, 4.69) is 23.1 Å². The molecule has 1 rings (SSSR count). The van der Waals surface area contributed by atoms with Crippen molar-refractivity contribution in [3.05, 3.63) is 11.1 Å². The molecular weight excluding hydrogens is 276 g/mol. The van der Waals surface area contributed by atoms with E-state index in [-0.39, 0.29) is 11.7 Å². The van der Waals surface area contributed by atoms with E-state index < -0.39 is 0 Å². The van der Waals surface area contributed by atoms with Crippen molar-refractivity contribution in [3.8, 4) is 0 Å². The van der Waals surface area contributed by atoms with Crippen LogP contribution < -0.4 is 4.90 Å². The number of nitrogens with zero attached hydrogens (tertiary/aromatic N) is 2. The summed E-state index contributed by atoms with van der Waals surface area (Å²) in [7, 11) is 2.03. The van der Waals surface area contributed by atoms with Crippen LogP contribution in [-0.4, -0.2) is 41.7 Å². The summed E-state index contributed by atoms with van der Waals surface area (Å²) in [5.74, 6) is 0.945. The first-order chi connectivity index (χ1) is 8.13. The fraction of sp³-hybridized carbons (Fsp3) is 0.636. The first-order valence-corrected chi connectivity index (χ1v) is 8.21. The third kappa shape index (κ3) is 3.86. The second-order valence-electron chi connectivity index (χ2n) is 3.70. The number of anilines is 1. The van der Waals surface area contributed by atoms with E-state index >= 15 is 0 Å². The second-order valence-corrected chi connectivity index (χ2v) is 5.71. The maximum absolute atomic E-state index is 11.4. The van der Waals surface area contributed by atoms with Gasteiger partial charge < -0.3 is 4.90 Å². The van der Waals surface area contributed by atoms with Gasteiger partial charge in [-0.1, -0.05) is 6.92 Å². The van der Waals surface area contributed by atoms with Crippen molar-refractivity contribution >= 4 is 45.6 Å². The Morgan fingerprint density at radius 3 is 2.94 bits per heavy atom. The van der Waals surface area contributed by atoms with Crippen LogP contribution in [-0.2, 0) is 0 Å². The van der Waals surface area contributed by atoms with E-state index in [4.69, 9.17) is 11.6 Å². The van der Waals surface area contributed by atoms with Gasteiger partial charge in [0, 0.05) is 24.2 Å². The van der Waals surface area contributed by atoms with E-state index in [0.29, 0.717) is 11.7 Å². The van der Waals surface area contributed by atoms with Crippen LogP contribution in [0.15, 0.2) is 5.38 Å². The van der Waals surface area contributed by atoms with Crippen molar-refractivity contribution in [1.82, 2.24) is 4.98 Å². The van der Waals surface area contributed by atoms with Crippen molar-refractivity contribution < 1.29 is 4.79 Å². The lowest BCUT2D eigenvalue weighted by atomic mass is 10.2. The predicted octanol–water partition coefficient (Wildman–Crippen LogP) is 3.14. The van der Waals surface area contributed by atoms with E-state index in [1.807, 2.05) is 18.8 Å². The lowest BCUT2D eigenvalue weighted by Crippen LogP contribution is -2.33. The molecule has 6 heteroatoms. The van der Waals surface area contributed by atoms with Gasteiger partial charge in [0.25, 0.3) is 0 Å². The molecule has 17 heavy (non-hydrogen) atoms. The molecule has 0 radical (unpaired) electrons. The highest BCUT2D eigenvalue weighted by Gasteiger charge is 2.17. The smallest absolute Gasteiger partial charge is 0.196 e. The van der Waals surface area contributed by atoms with Crippen molar-refractivity contribution in [2.24, 2.45) is 0 Å². The summed E-state index contributed by atoms with van der Waals surface area (Å²) in [6, 6.07) is 0.454. The molecule has 0 bridgehead atoms. The van der Waals surface area contributed by atoms with Gasteiger partial charge in [0.2, 0.25) is 0 Å². The minimum Gasteiger partial charge on any atom is -0.347 e. The maximum Gasteiger partial charge on any atom is 0.196 e. The number of hydrogen-bond donors (Lipinski definition) is 0. The molecule has 1 unspecified atom stereocenters. The van der Waals surface area contributed by atoms with Crippen LogP contribution >= 0.6 is 34.7 Å². The van der Waals surface area contributed by atoms with E-state index in [1.54, 1.807) is 5.38 Å². The molecule has 96 valence electrons. The number of thioether (sulfide) groups is 1. The van der Waals surface area contributed by atoms with Gasteiger partial charge in [0.15, 0.2) is 10.9 Å². The number of rotatable bonds is 7. The number of carbonyl (C=O) groups is 1. The second kappa shape index (κ2) is 7.24. The summed E-state index contributed by atoms with van der Waals surface area (Å²) >= 11 is 8.83. The van der Waals surface area contributed by atoms with Gasteiger partial charge in [0.05, 0.1) is 5.88 Å². The number of Topliss-reactive ketones (excluding diaryl/α,β-unsaturated/α-hetero) is 1. The van der Waals surface area contributed by atoms with Crippen LogP contribution in [0.3, 0.4) is 0 Å². The normalized spacial score (nSPS) is 12.5. The molecule has 0 N–H and O–H groups in total. The zero-order valence-electron chi connectivity index (χ0n) is 10.3. The molecule has 3 nitrogen and oxygen atoms in total. The quantitative estimate of drug-likeness (QED) is 0.571. The van der Waals surface area contributed by atoms with E-state index in [0.717, 1.165) is 17.3 Å². The summed E-state index contributed by atoms with van der Waals surface area (Å²) < 4.78 is 0. The molecule has 0 aliphatic rings. The number of aromatic nitrogens is 1. The molecule has 1 heterocycles. The highest BCUT2D eigenvalue weighted by molar-refractivity contribution is 7.98. The summed E-state index contributed by atoms with van der Waals surface area (Å²) in [4.78, 5) is 17.9. The lowest BCUT2D eigenvalue weighted by molar-refractivity contribution is 0.101. The Morgan fingerprint density at radius 1 is 1.71 bits per heavy atom. The first-order valence-electron chi connectivity index (χ1n) is 5.40. The average molecular weight is 293 g/mol. The Hall–Kier alpha value is -0.260. The van der Waals surface area contributed by atoms with Crippen LogP contribution in [0.1, 0.15) is 23.8 Å². The molecule has 1 aromatic rings. The number of alkyl halides is 1. The molecule has 1 atom stereocenters. The standard InChI is InChI=1S/C11H17ClN2OS2/c1-4-8(6-16-3)14(2)11-13-9(7-17-11)10(15)5-12/h7-8H,4-6H2,1-3H3. The minimum atomic E-state index is -0.111. The number of ketones is 1. The summed E-state index contributed by atoms with van der Waals surface area (Å²) in [6.07, 6.45) is 3.16. The molecule has 0 aliphatic heterocycles. The summed E-state index contributed by atoms with van der Waals surface area (Å²) in [6.45, 7) is 2.16. The number of hydrogen-bond acceptors (Lipinski definition) is 5. The SMILES string of the molecule is CCC(CSC)N(C)c1nc(C(=O)CCl)cs1. The lowest BCUT2D eigenvalue weighted by Gasteiger charge is -2.26. The van der Waals surface area contributed by atoms with Gasteiger partial charge in [-0.2, -0.15) is 11.8 Å². The average Bonchev–Trinajstić information content (AvgIpc) is 2.83. The zero-order chi connectivity index (χ0) is 12.8. The van der Waals surface area contributed by atoms with Gasteiger partial charge in [-0.25, -0.2) is 4.98 Å². The van der Waals surface area contributed by atoms with Crippen LogP contribution in [0.4, 0.5) is 5.13 Å². The Morgan fingerprint density at radius 2 is 2.41 bits per heavy atom. The molecule has 0 fully saturated rings. The maximum atomic E-state index is 11.4. The van der Waals surface area contributed by atoms with Crippen LogP contribution in [0.5, 0.6) is 0 Å². The van der Waals surface area contributed by atoms with E-state index in [9.17, 15) is 4.79 Å². The van der Waals surface area contributed by atoms with Crippen LogP contribution in [0, 0.1) is 0 Å². The highest BCUT2D eigenvalue weighted by Crippen LogP contribution is 2.23. The Kier molecular flexibility index (Phi) is 6.30. The number of carbonyl (C=O) groups excluding carboxylic acids is 1. The first kappa shape index (κ1) is 14.8. The number of halogens is 1. The van der Waals surface area contributed by atoms with Crippen molar-refractivity contribution in [3.63, 3.8) is 0 Å².